The van der Waals surface area contributed by atoms with Crippen molar-refractivity contribution in [2.75, 3.05) is 40.4 Å². The van der Waals surface area contributed by atoms with E-state index in [2.05, 4.69) is 20.5 Å². The van der Waals surface area contributed by atoms with Crippen molar-refractivity contribution >= 4 is 35.8 Å². The zero-order valence-electron chi connectivity index (χ0n) is 14.3. The lowest BCUT2D eigenvalue weighted by Gasteiger charge is -2.21. The number of aliphatic imine (C=N–C) groups is 1. The van der Waals surface area contributed by atoms with Gasteiger partial charge in [-0.2, -0.15) is 0 Å². The highest BCUT2D eigenvalue weighted by Crippen LogP contribution is 2.18. The number of carbonyl (C=O) groups is 1. The molecule has 0 aromatic rings. The van der Waals surface area contributed by atoms with E-state index in [0.29, 0.717) is 24.9 Å². The van der Waals surface area contributed by atoms with Crippen LogP contribution in [0.5, 0.6) is 0 Å². The Labute approximate surface area is 156 Å². The van der Waals surface area contributed by atoms with Gasteiger partial charge in [-0.15, -0.1) is 24.0 Å². The average Bonchev–Trinajstić information content (AvgIpc) is 3.16. The molecule has 2 rings (SSSR count). The van der Waals surface area contributed by atoms with Crippen LogP contribution in [0.1, 0.15) is 38.5 Å². The Kier molecular flexibility index (Phi) is 9.85. The normalized spacial score (nSPS) is 22.1. The van der Waals surface area contributed by atoms with Gasteiger partial charge in [-0.25, -0.2) is 0 Å². The molecule has 0 spiro atoms. The molecule has 0 aromatic heterocycles. The summed E-state index contributed by atoms with van der Waals surface area (Å²) >= 11 is 0. The van der Waals surface area contributed by atoms with E-state index in [1.165, 1.54) is 12.8 Å². The molecular weight excluding hydrogens is 407 g/mol. The third-order valence-corrected chi connectivity index (χ3v) is 4.56. The molecule has 1 saturated heterocycles. The van der Waals surface area contributed by atoms with E-state index in [9.17, 15) is 4.79 Å². The number of hydrogen-bond donors (Lipinski definition) is 2. The fraction of sp³-hybridized carbons (Fsp3) is 0.875. The molecule has 1 amide bonds. The summed E-state index contributed by atoms with van der Waals surface area (Å²) in [5.41, 5.74) is 0. The molecule has 1 unspecified atom stereocenters. The largest absolute Gasteiger partial charge is 0.384 e. The molecule has 0 aromatic carbocycles. The highest BCUT2D eigenvalue weighted by atomic mass is 127. The van der Waals surface area contributed by atoms with Crippen LogP contribution in [0.2, 0.25) is 0 Å². The number of amides is 1. The van der Waals surface area contributed by atoms with Gasteiger partial charge in [0.25, 0.3) is 0 Å². The molecule has 23 heavy (non-hydrogen) atoms. The van der Waals surface area contributed by atoms with Crippen molar-refractivity contribution in [3.05, 3.63) is 0 Å². The molecule has 2 N–H and O–H groups in total. The van der Waals surface area contributed by atoms with Gasteiger partial charge in [0.05, 0.1) is 6.61 Å². The van der Waals surface area contributed by atoms with Gasteiger partial charge in [-0.05, 0) is 19.3 Å². The van der Waals surface area contributed by atoms with Gasteiger partial charge in [-0.1, -0.05) is 12.8 Å². The van der Waals surface area contributed by atoms with Gasteiger partial charge in [0, 0.05) is 52.2 Å². The minimum Gasteiger partial charge on any atom is -0.384 e. The first kappa shape index (κ1) is 20.5. The van der Waals surface area contributed by atoms with Crippen LogP contribution >= 0.6 is 24.0 Å². The van der Waals surface area contributed by atoms with Crippen LogP contribution in [0.3, 0.4) is 0 Å². The second-order valence-electron chi connectivity index (χ2n) is 6.33. The Bertz CT molecular complexity index is 386. The van der Waals surface area contributed by atoms with E-state index >= 15 is 0 Å². The smallest absolute Gasteiger partial charge is 0.221 e. The van der Waals surface area contributed by atoms with Gasteiger partial charge in [-0.3, -0.25) is 9.79 Å². The Morgan fingerprint density at radius 3 is 2.70 bits per heavy atom. The second kappa shape index (κ2) is 11.1. The third kappa shape index (κ3) is 6.82. The topological polar surface area (TPSA) is 66.0 Å². The van der Waals surface area contributed by atoms with E-state index < -0.39 is 0 Å². The molecule has 1 saturated carbocycles. The average molecular weight is 438 g/mol. The molecule has 134 valence electrons. The number of rotatable bonds is 6. The summed E-state index contributed by atoms with van der Waals surface area (Å²) in [6, 6.07) is 0.403. The summed E-state index contributed by atoms with van der Waals surface area (Å²) < 4.78 is 5.22. The van der Waals surface area contributed by atoms with Crippen LogP contribution in [0.15, 0.2) is 4.99 Å². The van der Waals surface area contributed by atoms with Crippen molar-refractivity contribution < 1.29 is 9.53 Å². The first-order valence-corrected chi connectivity index (χ1v) is 8.46. The Hall–Kier alpha value is -0.570. The quantitative estimate of drug-likeness (QED) is 0.376. The molecule has 1 aliphatic carbocycles. The first-order chi connectivity index (χ1) is 10.7. The molecule has 6 nitrogen and oxygen atoms in total. The lowest BCUT2D eigenvalue weighted by Crippen LogP contribution is -2.42. The summed E-state index contributed by atoms with van der Waals surface area (Å²) in [6.45, 7) is 3.41. The lowest BCUT2D eigenvalue weighted by atomic mass is 10.1. The third-order valence-electron chi connectivity index (χ3n) is 4.56. The van der Waals surface area contributed by atoms with Crippen LogP contribution in [-0.2, 0) is 9.53 Å². The van der Waals surface area contributed by atoms with Crippen molar-refractivity contribution in [2.45, 2.75) is 44.6 Å². The predicted octanol–water partition coefficient (Wildman–Crippen LogP) is 1.60. The van der Waals surface area contributed by atoms with Gasteiger partial charge in [0.15, 0.2) is 5.96 Å². The van der Waals surface area contributed by atoms with Crippen molar-refractivity contribution in [3.8, 4) is 0 Å². The molecular formula is C16H31IN4O2. The summed E-state index contributed by atoms with van der Waals surface area (Å²) in [4.78, 5) is 18.5. The van der Waals surface area contributed by atoms with Gasteiger partial charge in [0.2, 0.25) is 5.91 Å². The number of guanidine groups is 1. The van der Waals surface area contributed by atoms with Crippen molar-refractivity contribution in [2.24, 2.45) is 10.9 Å². The molecule has 1 atom stereocenters. The fourth-order valence-electron chi connectivity index (χ4n) is 3.39. The van der Waals surface area contributed by atoms with Gasteiger partial charge in [0.1, 0.15) is 0 Å². The maximum absolute atomic E-state index is 11.9. The molecule has 1 heterocycles. The van der Waals surface area contributed by atoms with Crippen LogP contribution < -0.4 is 10.6 Å². The second-order valence-corrected chi connectivity index (χ2v) is 6.33. The van der Waals surface area contributed by atoms with Crippen LogP contribution in [0.4, 0.5) is 0 Å². The van der Waals surface area contributed by atoms with E-state index in [1.54, 1.807) is 14.2 Å². The predicted molar refractivity (Wildman–Crippen MR) is 103 cm³/mol. The Morgan fingerprint density at radius 1 is 1.30 bits per heavy atom. The Balaban J connectivity index is 0.00000264. The fourth-order valence-corrected chi connectivity index (χ4v) is 3.39. The maximum atomic E-state index is 11.9. The molecule has 0 radical (unpaired) electrons. The van der Waals surface area contributed by atoms with Gasteiger partial charge < -0.3 is 20.3 Å². The summed E-state index contributed by atoms with van der Waals surface area (Å²) in [5.74, 6) is 1.62. The zero-order valence-corrected chi connectivity index (χ0v) is 16.7. The minimum absolute atomic E-state index is 0. The van der Waals surface area contributed by atoms with Crippen molar-refractivity contribution in [1.29, 1.82) is 0 Å². The maximum Gasteiger partial charge on any atom is 0.221 e. The highest BCUT2D eigenvalue weighted by molar-refractivity contribution is 14.0. The number of nitrogens with zero attached hydrogens (tertiary/aromatic N) is 2. The number of halogens is 1. The minimum atomic E-state index is 0. The SMILES string of the molecule is CN=C(NCCC(=O)NC1CCCC1)N1CCC(COC)C1.I. The number of likely N-dealkylation sites (tertiary alicyclic amines) is 1. The van der Waals surface area contributed by atoms with Crippen LogP contribution in [0, 0.1) is 5.92 Å². The number of carbonyl (C=O) groups excluding carboxylic acids is 1. The van der Waals surface area contributed by atoms with E-state index in [1.807, 2.05) is 0 Å². The lowest BCUT2D eigenvalue weighted by molar-refractivity contribution is -0.121. The van der Waals surface area contributed by atoms with Crippen molar-refractivity contribution in [1.82, 2.24) is 15.5 Å². The number of ether oxygens (including phenoxy) is 1. The molecule has 0 bridgehead atoms. The van der Waals surface area contributed by atoms with Crippen LogP contribution in [0.25, 0.3) is 0 Å². The monoisotopic (exact) mass is 438 g/mol. The molecule has 2 fully saturated rings. The number of methoxy groups -OCH3 is 1. The molecule has 7 heteroatoms. The van der Waals surface area contributed by atoms with Crippen molar-refractivity contribution in [3.63, 3.8) is 0 Å². The number of hydrogen-bond acceptors (Lipinski definition) is 3. The standard InChI is InChI=1S/C16H30N4O2.HI/c1-17-16(20-10-8-13(11-20)12-22-2)18-9-7-15(21)19-14-5-3-4-6-14;/h13-14H,3-12H2,1-2H3,(H,17,18)(H,19,21);1H. The van der Waals surface area contributed by atoms with E-state index in [4.69, 9.17) is 4.74 Å². The highest BCUT2D eigenvalue weighted by Gasteiger charge is 2.24. The Morgan fingerprint density at radius 2 is 2.04 bits per heavy atom. The molecule has 2 aliphatic rings. The summed E-state index contributed by atoms with van der Waals surface area (Å²) in [7, 11) is 3.54. The summed E-state index contributed by atoms with van der Waals surface area (Å²) in [6.07, 6.45) is 6.40. The van der Waals surface area contributed by atoms with Gasteiger partial charge >= 0.3 is 0 Å². The summed E-state index contributed by atoms with van der Waals surface area (Å²) in [5, 5.41) is 6.42. The number of nitrogens with one attached hydrogen (secondary N) is 2. The zero-order chi connectivity index (χ0) is 15.8. The van der Waals surface area contributed by atoms with Crippen LogP contribution in [-0.4, -0.2) is 63.2 Å². The van der Waals surface area contributed by atoms with E-state index in [-0.39, 0.29) is 29.9 Å². The van der Waals surface area contributed by atoms with E-state index in [0.717, 1.165) is 44.9 Å². The first-order valence-electron chi connectivity index (χ1n) is 8.46. The molecule has 1 aliphatic heterocycles.